The van der Waals surface area contributed by atoms with Gasteiger partial charge in [0.2, 0.25) is 0 Å². The van der Waals surface area contributed by atoms with Gasteiger partial charge in [0.1, 0.15) is 17.1 Å². The van der Waals surface area contributed by atoms with Crippen molar-refractivity contribution in [2.75, 3.05) is 17.7 Å². The monoisotopic (exact) mass is 516 g/mol. The fourth-order valence-corrected chi connectivity index (χ4v) is 3.99. The first kappa shape index (κ1) is 25.6. The summed E-state index contributed by atoms with van der Waals surface area (Å²) in [4.78, 5) is 24.6. The number of carbonyl (C=O) groups is 2. The van der Waals surface area contributed by atoms with E-state index in [2.05, 4.69) is 10.6 Å². The van der Waals surface area contributed by atoms with Gasteiger partial charge in [-0.25, -0.2) is 9.59 Å². The number of benzene rings is 4. The molecule has 2 amide bonds. The molecule has 0 saturated carbocycles. The number of aryl methyl sites for hydroxylation is 1. The Bertz CT molecular complexity index is 1450. The van der Waals surface area contributed by atoms with Crippen molar-refractivity contribution in [3.05, 3.63) is 101 Å². The van der Waals surface area contributed by atoms with Crippen LogP contribution in [0.3, 0.4) is 0 Å². The second-order valence-electron chi connectivity index (χ2n) is 8.05. The van der Waals surface area contributed by atoms with Gasteiger partial charge in [0.25, 0.3) is 0 Å². The van der Waals surface area contributed by atoms with Crippen molar-refractivity contribution in [1.29, 1.82) is 0 Å². The zero-order valence-corrected chi connectivity index (χ0v) is 21.0. The molecule has 0 aliphatic carbocycles. The number of urea groups is 1. The molecular formula is C29H25ClN2O5. The highest BCUT2D eigenvalue weighted by atomic mass is 35.5. The second kappa shape index (κ2) is 11.5. The number of ether oxygens (including phenoxy) is 2. The number of carboxylic acid groups (broad SMARTS) is 1. The van der Waals surface area contributed by atoms with Gasteiger partial charge in [-0.2, -0.15) is 0 Å². The Balaban J connectivity index is 1.72. The number of hydrogen-bond donors (Lipinski definition) is 3. The van der Waals surface area contributed by atoms with Gasteiger partial charge in [-0.1, -0.05) is 61.0 Å². The summed E-state index contributed by atoms with van der Waals surface area (Å²) in [5.74, 6) is 0.244. The van der Waals surface area contributed by atoms with Crippen LogP contribution in [0.25, 0.3) is 11.1 Å². The SMILES string of the molecule is CCc1ccccc1Oc1ccc(-c2ccc(OC)c(C(=O)O)c2)cc1NC(=O)Nc1ccccc1Cl. The first-order chi connectivity index (χ1) is 17.9. The molecule has 0 spiro atoms. The van der Waals surface area contributed by atoms with Crippen molar-refractivity contribution in [3.63, 3.8) is 0 Å². The maximum absolute atomic E-state index is 12.9. The van der Waals surface area contributed by atoms with Gasteiger partial charge < -0.3 is 25.2 Å². The lowest BCUT2D eigenvalue weighted by atomic mass is 10.0. The van der Waals surface area contributed by atoms with Crippen LogP contribution in [-0.4, -0.2) is 24.2 Å². The highest BCUT2D eigenvalue weighted by molar-refractivity contribution is 6.33. The van der Waals surface area contributed by atoms with Gasteiger partial charge in [0.15, 0.2) is 5.75 Å². The summed E-state index contributed by atoms with van der Waals surface area (Å²) in [5, 5.41) is 15.6. The average Bonchev–Trinajstić information content (AvgIpc) is 2.90. The molecule has 0 saturated heterocycles. The molecule has 0 atom stereocenters. The lowest BCUT2D eigenvalue weighted by molar-refractivity contribution is 0.0693. The molecule has 4 aromatic carbocycles. The van der Waals surface area contributed by atoms with Crippen molar-refractivity contribution < 1.29 is 24.2 Å². The molecule has 7 nitrogen and oxygen atoms in total. The summed E-state index contributed by atoms with van der Waals surface area (Å²) in [7, 11) is 1.42. The van der Waals surface area contributed by atoms with Gasteiger partial charge in [-0.15, -0.1) is 0 Å². The highest BCUT2D eigenvalue weighted by Crippen LogP contribution is 2.36. The van der Waals surface area contributed by atoms with Crippen LogP contribution in [0.4, 0.5) is 16.2 Å². The molecule has 0 fully saturated rings. The predicted octanol–water partition coefficient (Wildman–Crippen LogP) is 7.71. The molecule has 0 heterocycles. The van der Waals surface area contributed by atoms with E-state index >= 15 is 0 Å². The standard InChI is InChI=1S/C29H25ClN2O5/c1-3-18-8-4-7-11-25(18)37-27-15-13-20(19-12-14-26(36-2)21(16-19)28(33)34)17-24(27)32-29(35)31-23-10-6-5-9-22(23)30/h4-17H,3H2,1-2H3,(H,33,34)(H2,31,32,35). The van der Waals surface area contributed by atoms with Gasteiger partial charge in [0, 0.05) is 0 Å². The quantitative estimate of drug-likeness (QED) is 0.223. The number of amides is 2. The molecule has 8 heteroatoms. The molecule has 0 radical (unpaired) electrons. The van der Waals surface area contributed by atoms with E-state index in [-0.39, 0.29) is 11.3 Å². The number of rotatable bonds is 8. The Kier molecular flexibility index (Phi) is 7.95. The Labute approximate surface area is 219 Å². The smallest absolute Gasteiger partial charge is 0.339 e. The topological polar surface area (TPSA) is 96.9 Å². The number of para-hydroxylation sites is 2. The molecule has 0 aliphatic heterocycles. The van der Waals surface area contributed by atoms with Crippen molar-refractivity contribution in [2.24, 2.45) is 0 Å². The van der Waals surface area contributed by atoms with E-state index in [4.69, 9.17) is 21.1 Å². The van der Waals surface area contributed by atoms with E-state index in [1.54, 1.807) is 54.6 Å². The van der Waals surface area contributed by atoms with Crippen LogP contribution >= 0.6 is 11.6 Å². The number of nitrogens with one attached hydrogen (secondary N) is 2. The minimum Gasteiger partial charge on any atom is -0.496 e. The lowest BCUT2D eigenvalue weighted by Crippen LogP contribution is -2.20. The first-order valence-corrected chi connectivity index (χ1v) is 11.9. The zero-order chi connectivity index (χ0) is 26.4. The number of methoxy groups -OCH3 is 1. The van der Waals surface area contributed by atoms with E-state index in [0.29, 0.717) is 39.0 Å². The van der Waals surface area contributed by atoms with Crippen LogP contribution in [0.5, 0.6) is 17.2 Å². The van der Waals surface area contributed by atoms with E-state index in [0.717, 1.165) is 12.0 Å². The van der Waals surface area contributed by atoms with Gasteiger partial charge >= 0.3 is 12.0 Å². The Morgan fingerprint density at radius 1 is 0.811 bits per heavy atom. The molecule has 37 heavy (non-hydrogen) atoms. The number of anilines is 2. The van der Waals surface area contributed by atoms with Gasteiger partial charge in [-0.05, 0) is 65.6 Å². The molecule has 0 aromatic heterocycles. The van der Waals surface area contributed by atoms with Crippen molar-refractivity contribution in [2.45, 2.75) is 13.3 Å². The number of aromatic carboxylic acids is 1. The summed E-state index contributed by atoms with van der Waals surface area (Å²) in [6.07, 6.45) is 0.772. The van der Waals surface area contributed by atoms with E-state index in [9.17, 15) is 14.7 Å². The second-order valence-corrected chi connectivity index (χ2v) is 8.46. The fraction of sp³-hybridized carbons (Fsp3) is 0.103. The third kappa shape index (κ3) is 6.02. The van der Waals surface area contributed by atoms with E-state index in [1.165, 1.54) is 13.2 Å². The Morgan fingerprint density at radius 2 is 1.46 bits per heavy atom. The number of carbonyl (C=O) groups excluding carboxylic acids is 1. The van der Waals surface area contributed by atoms with E-state index < -0.39 is 12.0 Å². The third-order valence-corrected chi connectivity index (χ3v) is 6.02. The maximum Gasteiger partial charge on any atom is 0.339 e. The average molecular weight is 517 g/mol. The molecule has 3 N–H and O–H groups in total. The normalized spacial score (nSPS) is 10.5. The minimum atomic E-state index is -1.10. The third-order valence-electron chi connectivity index (χ3n) is 5.69. The van der Waals surface area contributed by atoms with Crippen LogP contribution < -0.4 is 20.1 Å². The van der Waals surface area contributed by atoms with Crippen LogP contribution in [0.2, 0.25) is 5.02 Å². The van der Waals surface area contributed by atoms with Crippen LogP contribution in [0.15, 0.2) is 84.9 Å². The van der Waals surface area contributed by atoms with Gasteiger partial charge in [0.05, 0.1) is 23.5 Å². The van der Waals surface area contributed by atoms with Crippen LogP contribution in [0, 0.1) is 0 Å². The van der Waals surface area contributed by atoms with E-state index in [1.807, 2.05) is 31.2 Å². The fourth-order valence-electron chi connectivity index (χ4n) is 3.80. The molecule has 4 aromatic rings. The minimum absolute atomic E-state index is 0.0307. The number of carboxylic acids is 1. The Hall–Kier alpha value is -4.49. The van der Waals surface area contributed by atoms with Crippen molar-refractivity contribution in [3.8, 4) is 28.4 Å². The lowest BCUT2D eigenvalue weighted by Gasteiger charge is -2.17. The summed E-state index contributed by atoms with van der Waals surface area (Å²) in [5.41, 5.74) is 3.20. The Morgan fingerprint density at radius 3 is 2.16 bits per heavy atom. The van der Waals surface area contributed by atoms with Gasteiger partial charge in [-0.3, -0.25) is 0 Å². The van der Waals surface area contributed by atoms with Crippen LogP contribution in [0.1, 0.15) is 22.8 Å². The summed E-state index contributed by atoms with van der Waals surface area (Å²) < 4.78 is 11.4. The molecule has 4 rings (SSSR count). The molecule has 0 bridgehead atoms. The molecule has 188 valence electrons. The predicted molar refractivity (Wildman–Crippen MR) is 145 cm³/mol. The van der Waals surface area contributed by atoms with Crippen LogP contribution in [-0.2, 0) is 6.42 Å². The maximum atomic E-state index is 12.9. The summed E-state index contributed by atoms with van der Waals surface area (Å²) in [6.45, 7) is 2.03. The summed E-state index contributed by atoms with van der Waals surface area (Å²) >= 11 is 6.19. The molecule has 0 aliphatic rings. The molecular weight excluding hydrogens is 492 g/mol. The van der Waals surface area contributed by atoms with Crippen molar-refractivity contribution in [1.82, 2.24) is 0 Å². The highest BCUT2D eigenvalue weighted by Gasteiger charge is 2.16. The zero-order valence-electron chi connectivity index (χ0n) is 20.2. The number of hydrogen-bond acceptors (Lipinski definition) is 4. The number of halogens is 1. The largest absolute Gasteiger partial charge is 0.496 e. The summed E-state index contributed by atoms with van der Waals surface area (Å²) in [6, 6.07) is 24.2. The first-order valence-electron chi connectivity index (χ1n) is 11.5. The van der Waals surface area contributed by atoms with Crippen molar-refractivity contribution >= 4 is 35.0 Å². The molecule has 0 unspecified atom stereocenters.